The molecule has 0 unspecified atom stereocenters. The molecule has 0 aliphatic rings. The van der Waals surface area contributed by atoms with Crippen molar-refractivity contribution in [1.82, 2.24) is 14.5 Å². The smallest absolute Gasteiger partial charge is 0.352 e. The normalized spacial score (nSPS) is 10.8. The first-order valence-electron chi connectivity index (χ1n) is 6.69. The first-order valence-corrected chi connectivity index (χ1v) is 6.69. The van der Waals surface area contributed by atoms with E-state index in [0.29, 0.717) is 5.56 Å². The molecule has 2 heterocycles. The number of nitrogens with one attached hydrogen (secondary N) is 2. The Bertz CT molecular complexity index is 1090. The molecule has 0 amide bonds. The molecule has 0 atom stereocenters. The van der Waals surface area contributed by atoms with Crippen LogP contribution in [0.1, 0.15) is 16.1 Å². The molecule has 3 aromatic rings. The van der Waals surface area contributed by atoms with E-state index >= 15 is 0 Å². The number of carboxylic acids is 1. The van der Waals surface area contributed by atoms with Crippen LogP contribution in [0.25, 0.3) is 11.0 Å². The summed E-state index contributed by atoms with van der Waals surface area (Å²) in [6.07, 6.45) is 1.50. The Balaban J connectivity index is 2.25. The van der Waals surface area contributed by atoms with Crippen LogP contribution in [0.2, 0.25) is 0 Å². The molecule has 0 bridgehead atoms. The first kappa shape index (κ1) is 15.2. The molecule has 3 N–H and O–H groups in total. The van der Waals surface area contributed by atoms with Gasteiger partial charge in [0.2, 0.25) is 0 Å². The zero-order valence-electron chi connectivity index (χ0n) is 12.0. The second-order valence-corrected chi connectivity index (χ2v) is 5.02. The number of carbonyl (C=O) groups is 1. The lowest BCUT2D eigenvalue weighted by molar-refractivity contribution is -0.384. The number of nitrogens with zero attached hydrogens (tertiary/aromatic N) is 2. The van der Waals surface area contributed by atoms with Crippen LogP contribution in [0.3, 0.4) is 0 Å². The van der Waals surface area contributed by atoms with Crippen molar-refractivity contribution in [3.63, 3.8) is 0 Å². The maximum absolute atomic E-state index is 11.5. The molecule has 0 spiro atoms. The molecule has 0 aliphatic carbocycles. The predicted molar refractivity (Wildman–Crippen MR) is 82.3 cm³/mol. The van der Waals surface area contributed by atoms with Crippen LogP contribution in [0.15, 0.2) is 40.1 Å². The third-order valence-electron chi connectivity index (χ3n) is 3.50. The van der Waals surface area contributed by atoms with E-state index in [1.165, 1.54) is 29.0 Å². The van der Waals surface area contributed by atoms with Crippen molar-refractivity contribution >= 4 is 22.7 Å². The van der Waals surface area contributed by atoms with Crippen LogP contribution in [0.5, 0.6) is 0 Å². The minimum atomic E-state index is -1.16. The molecule has 122 valence electrons. The maximum atomic E-state index is 11.5. The van der Waals surface area contributed by atoms with Crippen LogP contribution in [-0.2, 0) is 6.54 Å². The predicted octanol–water partition coefficient (Wildman–Crippen LogP) is 0.673. The summed E-state index contributed by atoms with van der Waals surface area (Å²) in [5, 5.41) is 20.2. The number of H-pyrrole nitrogens is 2. The van der Waals surface area contributed by atoms with E-state index in [1.54, 1.807) is 0 Å². The summed E-state index contributed by atoms with van der Waals surface area (Å²) in [5.74, 6) is -1.16. The van der Waals surface area contributed by atoms with Crippen molar-refractivity contribution in [2.75, 3.05) is 0 Å². The maximum Gasteiger partial charge on any atom is 0.352 e. The zero-order valence-corrected chi connectivity index (χ0v) is 12.0. The molecule has 2 aromatic heterocycles. The molecule has 24 heavy (non-hydrogen) atoms. The number of aromatic nitrogens is 3. The van der Waals surface area contributed by atoms with Gasteiger partial charge in [0.1, 0.15) is 5.69 Å². The lowest BCUT2D eigenvalue weighted by atomic mass is 10.1. The van der Waals surface area contributed by atoms with Crippen LogP contribution in [-0.4, -0.2) is 30.5 Å². The molecule has 1 aromatic carbocycles. The van der Waals surface area contributed by atoms with Gasteiger partial charge in [0.25, 0.3) is 5.69 Å². The average molecular weight is 330 g/mol. The van der Waals surface area contributed by atoms with Crippen LogP contribution >= 0.6 is 0 Å². The third-order valence-corrected chi connectivity index (χ3v) is 3.50. The van der Waals surface area contributed by atoms with Gasteiger partial charge < -0.3 is 19.6 Å². The molecule has 0 radical (unpaired) electrons. The van der Waals surface area contributed by atoms with Gasteiger partial charge in [-0.3, -0.25) is 19.7 Å². The largest absolute Gasteiger partial charge is 0.477 e. The van der Waals surface area contributed by atoms with Crippen LogP contribution in [0.4, 0.5) is 5.69 Å². The van der Waals surface area contributed by atoms with E-state index in [-0.39, 0.29) is 29.0 Å². The van der Waals surface area contributed by atoms with Crippen molar-refractivity contribution < 1.29 is 14.8 Å². The molecule has 10 nitrogen and oxygen atoms in total. The van der Waals surface area contributed by atoms with Gasteiger partial charge in [-0.2, -0.15) is 0 Å². The lowest BCUT2D eigenvalue weighted by Crippen LogP contribution is -2.29. The summed E-state index contributed by atoms with van der Waals surface area (Å²) >= 11 is 0. The Hall–Kier alpha value is -3.69. The summed E-state index contributed by atoms with van der Waals surface area (Å²) in [7, 11) is 0. The van der Waals surface area contributed by atoms with Gasteiger partial charge in [0.15, 0.2) is 0 Å². The molecule has 10 heteroatoms. The number of aromatic amines is 2. The van der Waals surface area contributed by atoms with E-state index in [1.807, 2.05) is 0 Å². The number of rotatable bonds is 4. The number of carboxylic acid groups (broad SMARTS) is 1. The SMILES string of the molecule is O=C(O)c1cccn1Cc1cc([N+](=O)[O-])cc2[nH]c(=O)c(=O)[nH]c12. The summed E-state index contributed by atoms with van der Waals surface area (Å²) < 4.78 is 1.37. The van der Waals surface area contributed by atoms with E-state index in [2.05, 4.69) is 9.97 Å². The highest BCUT2D eigenvalue weighted by atomic mass is 16.6. The average Bonchev–Trinajstić information content (AvgIpc) is 2.97. The quantitative estimate of drug-likeness (QED) is 0.363. The highest BCUT2D eigenvalue weighted by molar-refractivity contribution is 5.86. The van der Waals surface area contributed by atoms with Crippen molar-refractivity contribution in [3.05, 3.63) is 72.5 Å². The fraction of sp³-hybridized carbons (Fsp3) is 0.0714. The number of non-ortho nitro benzene ring substituents is 1. The Morgan fingerprint density at radius 1 is 1.25 bits per heavy atom. The standard InChI is InChI=1S/C14H10N4O6/c19-12-13(20)16-11-7(4-8(18(23)24)5-9(11)15-12)6-17-3-1-2-10(17)14(21)22/h1-5H,6H2,(H,15,19)(H,16,20)(H,21,22). The topological polar surface area (TPSA) is 151 Å². The number of fused-ring (bicyclic) bond motifs is 1. The number of nitro benzene ring substituents is 1. The van der Waals surface area contributed by atoms with Gasteiger partial charge in [-0.1, -0.05) is 0 Å². The molecule has 0 saturated heterocycles. The molecule has 0 saturated carbocycles. The van der Waals surface area contributed by atoms with Gasteiger partial charge in [0, 0.05) is 23.9 Å². The summed E-state index contributed by atoms with van der Waals surface area (Å²) in [6, 6.07) is 5.26. The van der Waals surface area contributed by atoms with E-state index < -0.39 is 22.0 Å². The second-order valence-electron chi connectivity index (χ2n) is 5.02. The van der Waals surface area contributed by atoms with Crippen molar-refractivity contribution in [2.24, 2.45) is 0 Å². The zero-order chi connectivity index (χ0) is 17.4. The summed E-state index contributed by atoms with van der Waals surface area (Å²) in [4.78, 5) is 49.2. The van der Waals surface area contributed by atoms with Crippen LogP contribution < -0.4 is 11.1 Å². The van der Waals surface area contributed by atoms with Gasteiger partial charge in [0.05, 0.1) is 22.5 Å². The Morgan fingerprint density at radius 3 is 2.62 bits per heavy atom. The highest BCUT2D eigenvalue weighted by Crippen LogP contribution is 2.23. The minimum Gasteiger partial charge on any atom is -0.477 e. The highest BCUT2D eigenvalue weighted by Gasteiger charge is 2.16. The van der Waals surface area contributed by atoms with E-state index in [0.717, 1.165) is 6.07 Å². The van der Waals surface area contributed by atoms with Gasteiger partial charge >= 0.3 is 17.1 Å². The molecule has 0 aliphatic heterocycles. The number of hydrogen-bond acceptors (Lipinski definition) is 5. The lowest BCUT2D eigenvalue weighted by Gasteiger charge is -2.09. The Morgan fingerprint density at radius 2 is 1.96 bits per heavy atom. The number of nitro groups is 1. The van der Waals surface area contributed by atoms with Gasteiger partial charge in [-0.25, -0.2) is 4.79 Å². The van der Waals surface area contributed by atoms with Crippen molar-refractivity contribution in [2.45, 2.75) is 6.54 Å². The molecule has 3 rings (SSSR count). The Kier molecular flexibility index (Phi) is 3.49. The number of hydrogen-bond donors (Lipinski definition) is 3. The molecular formula is C14H10N4O6. The first-order chi connectivity index (χ1) is 11.4. The summed E-state index contributed by atoms with van der Waals surface area (Å²) in [6.45, 7) is -0.0329. The van der Waals surface area contributed by atoms with Gasteiger partial charge in [-0.15, -0.1) is 0 Å². The fourth-order valence-electron chi connectivity index (χ4n) is 2.44. The number of benzene rings is 1. The van der Waals surface area contributed by atoms with Crippen molar-refractivity contribution in [1.29, 1.82) is 0 Å². The second kappa shape index (κ2) is 5.50. The third kappa shape index (κ3) is 2.56. The monoisotopic (exact) mass is 330 g/mol. The summed E-state index contributed by atoms with van der Waals surface area (Å²) in [5.41, 5.74) is -1.54. The minimum absolute atomic E-state index is 0.0126. The number of aromatic carboxylic acids is 1. The van der Waals surface area contributed by atoms with E-state index in [4.69, 9.17) is 5.11 Å². The Labute approximate surface area is 132 Å². The molecule has 0 fully saturated rings. The van der Waals surface area contributed by atoms with Crippen molar-refractivity contribution in [3.8, 4) is 0 Å². The van der Waals surface area contributed by atoms with Gasteiger partial charge in [-0.05, 0) is 12.1 Å². The van der Waals surface area contributed by atoms with Crippen LogP contribution in [0, 0.1) is 10.1 Å². The fourth-order valence-corrected chi connectivity index (χ4v) is 2.44. The molecular weight excluding hydrogens is 320 g/mol. The van der Waals surface area contributed by atoms with E-state index in [9.17, 15) is 24.5 Å².